The minimum atomic E-state index is -0.612. The van der Waals surface area contributed by atoms with Gasteiger partial charge in [-0.2, -0.15) is 0 Å². The number of Topliss-reactive ketones (excluding diaryl/α,β-unsaturated/α-hetero) is 1. The molecular formula is C15H17N3O3. The molecule has 1 fully saturated rings. The number of anilines is 1. The van der Waals surface area contributed by atoms with E-state index in [1.165, 1.54) is 4.90 Å². The second-order valence-electron chi connectivity index (χ2n) is 5.42. The molecule has 110 valence electrons. The first-order chi connectivity index (χ1) is 10.1. The number of fused-ring (bicyclic) bond motifs is 1. The van der Waals surface area contributed by atoms with Gasteiger partial charge in [0.05, 0.1) is 11.3 Å². The van der Waals surface area contributed by atoms with Crippen LogP contribution in [0.2, 0.25) is 0 Å². The molecule has 21 heavy (non-hydrogen) atoms. The van der Waals surface area contributed by atoms with Gasteiger partial charge in [-0.05, 0) is 19.2 Å². The minimum Gasteiger partial charge on any atom is -0.339 e. The summed E-state index contributed by atoms with van der Waals surface area (Å²) in [5, 5.41) is 0. The van der Waals surface area contributed by atoms with E-state index in [4.69, 9.17) is 0 Å². The summed E-state index contributed by atoms with van der Waals surface area (Å²) in [6.45, 7) is 2.91. The average Bonchev–Trinajstić information content (AvgIpc) is 2.73. The molecule has 1 aromatic rings. The number of carbonyl (C=O) groups is 3. The number of hydrogen-bond donors (Lipinski definition) is 0. The standard InChI is InChI=1S/C15H17N3O3/c1-16-6-8-17(9-7-16)13(19)10-18-12-5-3-2-4-11(12)14(20)15(18)21/h2-5H,6-10H2,1H3. The van der Waals surface area contributed by atoms with Crippen LogP contribution in [-0.2, 0) is 9.59 Å². The Hall–Kier alpha value is -2.21. The fourth-order valence-corrected chi connectivity index (χ4v) is 2.70. The number of amides is 2. The van der Waals surface area contributed by atoms with Crippen molar-refractivity contribution < 1.29 is 14.4 Å². The zero-order valence-corrected chi connectivity index (χ0v) is 11.9. The molecule has 0 unspecified atom stereocenters. The molecule has 0 saturated carbocycles. The summed E-state index contributed by atoms with van der Waals surface area (Å²) in [4.78, 5) is 41.4. The smallest absolute Gasteiger partial charge is 0.299 e. The first kappa shape index (κ1) is 13.8. The van der Waals surface area contributed by atoms with Crippen molar-refractivity contribution in [3.05, 3.63) is 29.8 Å². The monoisotopic (exact) mass is 287 g/mol. The molecule has 1 saturated heterocycles. The fraction of sp³-hybridized carbons (Fsp3) is 0.400. The van der Waals surface area contributed by atoms with Crippen molar-refractivity contribution in [2.24, 2.45) is 0 Å². The number of rotatable bonds is 2. The Morgan fingerprint density at radius 3 is 2.48 bits per heavy atom. The first-order valence-corrected chi connectivity index (χ1v) is 6.99. The predicted octanol–water partition coefficient (Wildman–Crippen LogP) is -0.0101. The van der Waals surface area contributed by atoms with Crippen LogP contribution in [0.1, 0.15) is 10.4 Å². The lowest BCUT2D eigenvalue weighted by molar-refractivity contribution is -0.132. The van der Waals surface area contributed by atoms with Gasteiger partial charge in [0.1, 0.15) is 6.54 Å². The van der Waals surface area contributed by atoms with Crippen LogP contribution < -0.4 is 4.90 Å². The van der Waals surface area contributed by atoms with E-state index in [1.807, 2.05) is 7.05 Å². The highest BCUT2D eigenvalue weighted by Gasteiger charge is 2.37. The molecule has 2 aliphatic rings. The number of nitrogens with zero attached hydrogens (tertiary/aromatic N) is 3. The van der Waals surface area contributed by atoms with Crippen LogP contribution in [0.3, 0.4) is 0 Å². The molecule has 6 nitrogen and oxygen atoms in total. The van der Waals surface area contributed by atoms with Gasteiger partial charge in [-0.3, -0.25) is 19.3 Å². The summed E-state index contributed by atoms with van der Waals surface area (Å²) in [6, 6.07) is 6.80. The zero-order valence-electron chi connectivity index (χ0n) is 11.9. The Kier molecular flexibility index (Phi) is 3.47. The van der Waals surface area contributed by atoms with Crippen LogP contribution in [0.15, 0.2) is 24.3 Å². The number of hydrogen-bond acceptors (Lipinski definition) is 4. The first-order valence-electron chi connectivity index (χ1n) is 6.99. The third-order valence-electron chi connectivity index (χ3n) is 4.03. The third kappa shape index (κ3) is 2.42. The van der Waals surface area contributed by atoms with Gasteiger partial charge in [-0.1, -0.05) is 12.1 Å². The van der Waals surface area contributed by atoms with E-state index in [0.29, 0.717) is 24.3 Å². The minimum absolute atomic E-state index is 0.0642. The van der Waals surface area contributed by atoms with Crippen molar-refractivity contribution in [1.82, 2.24) is 9.80 Å². The molecule has 6 heteroatoms. The molecule has 0 N–H and O–H groups in total. The van der Waals surface area contributed by atoms with Crippen LogP contribution in [0.25, 0.3) is 0 Å². The van der Waals surface area contributed by atoms with E-state index in [0.717, 1.165) is 13.1 Å². The number of piperazine rings is 1. The van der Waals surface area contributed by atoms with Crippen LogP contribution in [0.5, 0.6) is 0 Å². The van der Waals surface area contributed by atoms with E-state index in [2.05, 4.69) is 4.90 Å². The topological polar surface area (TPSA) is 60.9 Å². The van der Waals surface area contributed by atoms with Gasteiger partial charge in [-0.25, -0.2) is 0 Å². The number of benzene rings is 1. The van der Waals surface area contributed by atoms with Gasteiger partial charge in [0, 0.05) is 26.2 Å². The van der Waals surface area contributed by atoms with Crippen LogP contribution in [0.4, 0.5) is 5.69 Å². The predicted molar refractivity (Wildman–Crippen MR) is 77.2 cm³/mol. The molecule has 2 amide bonds. The lowest BCUT2D eigenvalue weighted by atomic mass is 10.1. The highest BCUT2D eigenvalue weighted by atomic mass is 16.2. The van der Waals surface area contributed by atoms with Gasteiger partial charge < -0.3 is 9.80 Å². The Balaban J connectivity index is 1.75. The van der Waals surface area contributed by atoms with Crippen molar-refractivity contribution in [2.75, 3.05) is 44.7 Å². The molecule has 0 aromatic heterocycles. The van der Waals surface area contributed by atoms with Gasteiger partial charge in [0.25, 0.3) is 11.7 Å². The molecular weight excluding hydrogens is 270 g/mol. The Bertz CT molecular complexity index is 606. The lowest BCUT2D eigenvalue weighted by Gasteiger charge is -2.33. The summed E-state index contributed by atoms with van der Waals surface area (Å²) in [7, 11) is 2.01. The summed E-state index contributed by atoms with van der Waals surface area (Å²) in [5.41, 5.74) is 0.920. The highest BCUT2D eigenvalue weighted by molar-refractivity contribution is 6.52. The Labute approximate surface area is 122 Å². The van der Waals surface area contributed by atoms with E-state index in [1.54, 1.807) is 29.2 Å². The summed E-state index contributed by atoms with van der Waals surface area (Å²) in [6.07, 6.45) is 0. The SMILES string of the molecule is CN1CCN(C(=O)CN2C(=O)C(=O)c3ccccc32)CC1. The second-order valence-corrected chi connectivity index (χ2v) is 5.42. The molecule has 0 atom stereocenters. The normalized spacial score (nSPS) is 19.1. The van der Waals surface area contributed by atoms with E-state index in [9.17, 15) is 14.4 Å². The second kappa shape index (κ2) is 5.29. The maximum atomic E-state index is 12.3. The highest BCUT2D eigenvalue weighted by Crippen LogP contribution is 2.28. The number of likely N-dealkylation sites (N-methyl/N-ethyl adjacent to an activating group) is 1. The molecule has 0 bridgehead atoms. The summed E-state index contributed by atoms with van der Waals surface area (Å²) >= 11 is 0. The Morgan fingerprint density at radius 2 is 1.76 bits per heavy atom. The number of ketones is 1. The molecule has 2 aliphatic heterocycles. The quantitative estimate of drug-likeness (QED) is 0.718. The number of para-hydroxylation sites is 1. The van der Waals surface area contributed by atoms with Gasteiger partial charge in [0.15, 0.2) is 0 Å². The van der Waals surface area contributed by atoms with Gasteiger partial charge >= 0.3 is 0 Å². The fourth-order valence-electron chi connectivity index (χ4n) is 2.70. The van der Waals surface area contributed by atoms with Crippen LogP contribution in [0, 0.1) is 0 Å². The molecule has 2 heterocycles. The summed E-state index contributed by atoms with van der Waals surface area (Å²) < 4.78 is 0. The average molecular weight is 287 g/mol. The van der Waals surface area contributed by atoms with Crippen molar-refractivity contribution in [3.63, 3.8) is 0 Å². The van der Waals surface area contributed by atoms with Crippen molar-refractivity contribution in [2.45, 2.75) is 0 Å². The Morgan fingerprint density at radius 1 is 1.10 bits per heavy atom. The van der Waals surface area contributed by atoms with Crippen molar-refractivity contribution in [1.29, 1.82) is 0 Å². The molecule has 0 radical (unpaired) electrons. The third-order valence-corrected chi connectivity index (χ3v) is 4.03. The summed E-state index contributed by atoms with van der Waals surface area (Å²) in [5.74, 6) is -1.25. The van der Waals surface area contributed by atoms with E-state index >= 15 is 0 Å². The number of carbonyl (C=O) groups excluding carboxylic acids is 3. The molecule has 1 aromatic carbocycles. The zero-order chi connectivity index (χ0) is 15.0. The van der Waals surface area contributed by atoms with E-state index < -0.39 is 11.7 Å². The van der Waals surface area contributed by atoms with Crippen molar-refractivity contribution >= 4 is 23.3 Å². The molecule has 0 aliphatic carbocycles. The van der Waals surface area contributed by atoms with Crippen LogP contribution >= 0.6 is 0 Å². The lowest BCUT2D eigenvalue weighted by Crippen LogP contribution is -2.50. The van der Waals surface area contributed by atoms with Crippen molar-refractivity contribution in [3.8, 4) is 0 Å². The van der Waals surface area contributed by atoms with Crippen LogP contribution in [-0.4, -0.2) is 67.2 Å². The van der Waals surface area contributed by atoms with E-state index in [-0.39, 0.29) is 12.5 Å². The molecule has 3 rings (SSSR count). The van der Waals surface area contributed by atoms with Gasteiger partial charge in [-0.15, -0.1) is 0 Å². The maximum Gasteiger partial charge on any atom is 0.299 e. The van der Waals surface area contributed by atoms with Gasteiger partial charge in [0.2, 0.25) is 5.91 Å². The largest absolute Gasteiger partial charge is 0.339 e. The molecule has 0 spiro atoms. The maximum absolute atomic E-state index is 12.3.